The maximum Gasteiger partial charge on any atom is 0.332 e. The van der Waals surface area contributed by atoms with E-state index >= 15 is 0 Å². The third-order valence-corrected chi connectivity index (χ3v) is 6.25. The van der Waals surface area contributed by atoms with E-state index in [1.165, 1.54) is 26.6 Å². The molecule has 1 aromatic carbocycles. The molecule has 3 heterocycles. The second kappa shape index (κ2) is 8.20. The van der Waals surface area contributed by atoms with Crippen LogP contribution in [0.15, 0.2) is 39.9 Å². The van der Waals surface area contributed by atoms with E-state index in [0.29, 0.717) is 11.2 Å². The lowest BCUT2D eigenvalue weighted by atomic mass is 10.2. The summed E-state index contributed by atoms with van der Waals surface area (Å²) in [6.45, 7) is 10.3. The minimum Gasteiger partial charge on any atom is -0.322 e. The highest BCUT2D eigenvalue weighted by Crippen LogP contribution is 2.16. The van der Waals surface area contributed by atoms with Gasteiger partial charge in [0, 0.05) is 25.7 Å². The number of fused-ring (bicyclic) bond motifs is 1. The van der Waals surface area contributed by atoms with Crippen molar-refractivity contribution < 1.29 is 9.80 Å². The molecule has 30 heavy (non-hydrogen) atoms. The summed E-state index contributed by atoms with van der Waals surface area (Å²) in [5, 5.41) is 0. The maximum absolute atomic E-state index is 12.8. The van der Waals surface area contributed by atoms with Gasteiger partial charge < -0.3 is 14.4 Å². The van der Waals surface area contributed by atoms with Crippen LogP contribution in [0.3, 0.4) is 0 Å². The van der Waals surface area contributed by atoms with E-state index in [2.05, 4.69) is 44.2 Å². The van der Waals surface area contributed by atoms with Crippen molar-refractivity contribution in [3.8, 4) is 0 Å². The Bertz CT molecular complexity index is 1150. The molecule has 0 atom stereocenters. The highest BCUT2D eigenvalue weighted by Gasteiger charge is 2.27. The van der Waals surface area contributed by atoms with Gasteiger partial charge in [0.2, 0.25) is 0 Å². The number of aromatic nitrogens is 4. The zero-order chi connectivity index (χ0) is 21.4. The summed E-state index contributed by atoms with van der Waals surface area (Å²) in [5.41, 5.74) is 1.79. The van der Waals surface area contributed by atoms with Crippen LogP contribution in [0.1, 0.15) is 31.3 Å². The van der Waals surface area contributed by atoms with Crippen molar-refractivity contribution in [3.05, 3.63) is 62.6 Å². The monoisotopic (exact) mass is 412 g/mol. The quantitative estimate of drug-likeness (QED) is 0.536. The third kappa shape index (κ3) is 3.73. The molecule has 160 valence electrons. The second-order valence-corrected chi connectivity index (χ2v) is 8.71. The molecule has 2 aromatic heterocycles. The van der Waals surface area contributed by atoms with Crippen LogP contribution in [0.5, 0.6) is 0 Å². The Hall–Kier alpha value is -2.71. The highest BCUT2D eigenvalue weighted by atomic mass is 16.2. The van der Waals surface area contributed by atoms with E-state index in [-0.39, 0.29) is 17.3 Å². The van der Waals surface area contributed by atoms with Gasteiger partial charge in [0.25, 0.3) is 5.56 Å². The summed E-state index contributed by atoms with van der Waals surface area (Å²) in [4.78, 5) is 33.0. The molecule has 4 rings (SSSR count). The number of benzene rings is 1. The number of hydrogen-bond donors (Lipinski definition) is 2. The van der Waals surface area contributed by atoms with Gasteiger partial charge in [-0.1, -0.05) is 30.3 Å². The fraction of sp³-hybridized carbons (Fsp3) is 0.500. The first-order valence-electron chi connectivity index (χ1n) is 10.7. The summed E-state index contributed by atoms with van der Waals surface area (Å²) in [6, 6.07) is 10.8. The molecule has 3 aromatic rings. The molecule has 0 radical (unpaired) electrons. The Labute approximate surface area is 176 Å². The van der Waals surface area contributed by atoms with Gasteiger partial charge >= 0.3 is 5.69 Å². The van der Waals surface area contributed by atoms with Crippen LogP contribution in [0, 0.1) is 0 Å². The zero-order valence-electron chi connectivity index (χ0n) is 18.3. The van der Waals surface area contributed by atoms with Gasteiger partial charge in [0.15, 0.2) is 17.0 Å². The minimum absolute atomic E-state index is 0.0968. The molecular formula is C22H32N6O2+2. The number of imidazole rings is 1. The molecular weight excluding hydrogens is 380 g/mol. The van der Waals surface area contributed by atoms with Gasteiger partial charge in [0.05, 0.1) is 0 Å². The molecule has 0 bridgehead atoms. The molecule has 2 N–H and O–H groups in total. The number of nitrogens with zero attached hydrogens (tertiary/aromatic N) is 4. The van der Waals surface area contributed by atoms with Crippen molar-refractivity contribution >= 4 is 11.2 Å². The summed E-state index contributed by atoms with van der Waals surface area (Å²) in [6.07, 6.45) is 0. The van der Waals surface area contributed by atoms with E-state index in [0.717, 1.165) is 45.1 Å². The lowest BCUT2D eigenvalue weighted by Gasteiger charge is -2.29. The predicted octanol–water partition coefficient (Wildman–Crippen LogP) is -1.50. The Morgan fingerprint density at radius 1 is 0.933 bits per heavy atom. The molecule has 0 saturated carbocycles. The molecule has 8 heteroatoms. The maximum atomic E-state index is 12.8. The van der Waals surface area contributed by atoms with Crippen LogP contribution in [0.2, 0.25) is 0 Å². The molecule has 0 amide bonds. The summed E-state index contributed by atoms with van der Waals surface area (Å²) >= 11 is 0. The lowest BCUT2D eigenvalue weighted by Crippen LogP contribution is -3.27. The molecule has 8 nitrogen and oxygen atoms in total. The molecule has 1 aliphatic heterocycles. The Balaban J connectivity index is 1.55. The van der Waals surface area contributed by atoms with Gasteiger partial charge in [-0.05, 0) is 13.8 Å². The summed E-state index contributed by atoms with van der Waals surface area (Å²) in [7, 11) is 3.21. The van der Waals surface area contributed by atoms with Crippen molar-refractivity contribution in [2.75, 3.05) is 26.2 Å². The number of nitrogens with one attached hydrogen (secondary N) is 2. The van der Waals surface area contributed by atoms with Gasteiger partial charge in [-0.25, -0.2) is 9.78 Å². The van der Waals surface area contributed by atoms with Gasteiger partial charge in [-0.15, -0.1) is 0 Å². The molecule has 1 aliphatic rings. The van der Waals surface area contributed by atoms with E-state index < -0.39 is 0 Å². The average molecular weight is 413 g/mol. The van der Waals surface area contributed by atoms with Gasteiger partial charge in [-0.2, -0.15) is 0 Å². The van der Waals surface area contributed by atoms with E-state index in [1.54, 1.807) is 11.9 Å². The Morgan fingerprint density at radius 2 is 1.53 bits per heavy atom. The van der Waals surface area contributed by atoms with Crippen molar-refractivity contribution in [3.63, 3.8) is 0 Å². The molecule has 0 spiro atoms. The van der Waals surface area contributed by atoms with E-state index in [9.17, 15) is 9.59 Å². The first kappa shape index (κ1) is 20.6. The summed E-state index contributed by atoms with van der Waals surface area (Å²) < 4.78 is 4.68. The minimum atomic E-state index is -0.335. The number of aryl methyl sites for hydroxylation is 1. The Kier molecular flexibility index (Phi) is 5.62. The van der Waals surface area contributed by atoms with Crippen LogP contribution in [0.4, 0.5) is 0 Å². The molecule has 1 fully saturated rings. The fourth-order valence-electron chi connectivity index (χ4n) is 4.56. The normalized spacial score (nSPS) is 19.6. The standard InChI is InChI=1S/C22H30N6O2/c1-16(2)28-18(23-20-19(28)21(29)25(4)22(30)24(20)3)15-27-12-10-26(11-13-27)14-17-8-6-5-7-9-17/h5-9,16H,10-15H2,1-4H3/p+2. The van der Waals surface area contributed by atoms with Crippen molar-refractivity contribution in [1.82, 2.24) is 18.7 Å². The van der Waals surface area contributed by atoms with Crippen LogP contribution in [-0.2, 0) is 27.2 Å². The average Bonchev–Trinajstić information content (AvgIpc) is 3.12. The topological polar surface area (TPSA) is 70.7 Å². The molecule has 1 saturated heterocycles. The number of piperazine rings is 1. The summed E-state index contributed by atoms with van der Waals surface area (Å²) in [5.74, 6) is 0.889. The molecule has 0 aliphatic carbocycles. The SMILES string of the molecule is CC(C)n1c(C[NH+]2CC[NH+](Cc3ccccc3)CC2)nc2c1c(=O)n(C)c(=O)n2C. The highest BCUT2D eigenvalue weighted by molar-refractivity contribution is 5.71. The lowest BCUT2D eigenvalue weighted by molar-refractivity contribution is -1.02. The second-order valence-electron chi connectivity index (χ2n) is 8.71. The first-order chi connectivity index (χ1) is 14.4. The fourth-order valence-corrected chi connectivity index (χ4v) is 4.56. The number of rotatable bonds is 5. The zero-order valence-corrected chi connectivity index (χ0v) is 18.3. The van der Waals surface area contributed by atoms with Crippen molar-refractivity contribution in [2.45, 2.75) is 33.0 Å². The van der Waals surface area contributed by atoms with Crippen LogP contribution in [-0.4, -0.2) is 44.9 Å². The van der Waals surface area contributed by atoms with Crippen molar-refractivity contribution in [2.24, 2.45) is 14.1 Å². The predicted molar refractivity (Wildman–Crippen MR) is 116 cm³/mol. The largest absolute Gasteiger partial charge is 0.332 e. The van der Waals surface area contributed by atoms with Crippen molar-refractivity contribution in [1.29, 1.82) is 0 Å². The smallest absolute Gasteiger partial charge is 0.322 e. The van der Waals surface area contributed by atoms with Crippen LogP contribution in [0.25, 0.3) is 11.2 Å². The Morgan fingerprint density at radius 3 is 2.13 bits per heavy atom. The number of quaternary nitrogens is 2. The number of hydrogen-bond acceptors (Lipinski definition) is 3. The van der Waals surface area contributed by atoms with Gasteiger partial charge in [0.1, 0.15) is 39.3 Å². The van der Waals surface area contributed by atoms with Crippen LogP contribution >= 0.6 is 0 Å². The van der Waals surface area contributed by atoms with Gasteiger partial charge in [-0.3, -0.25) is 13.9 Å². The third-order valence-electron chi connectivity index (χ3n) is 6.25. The van der Waals surface area contributed by atoms with E-state index in [4.69, 9.17) is 4.98 Å². The van der Waals surface area contributed by atoms with Crippen LogP contribution < -0.4 is 21.0 Å². The first-order valence-corrected chi connectivity index (χ1v) is 10.7. The molecule has 0 unspecified atom stereocenters. The van der Waals surface area contributed by atoms with E-state index in [1.807, 2.05) is 4.57 Å².